The van der Waals surface area contributed by atoms with Gasteiger partial charge in [-0.05, 0) is 33.8 Å². The fourth-order valence-electron chi connectivity index (χ4n) is 2.64. The second-order valence-electron chi connectivity index (χ2n) is 4.63. The molecule has 2 saturated heterocycles. The molecule has 0 radical (unpaired) electrons. The molecule has 1 unspecified atom stereocenters. The zero-order valence-electron chi connectivity index (χ0n) is 9.76. The van der Waals surface area contributed by atoms with E-state index in [9.17, 15) is 9.59 Å². The maximum atomic E-state index is 12.4. The minimum absolute atomic E-state index is 0.0795. The Bertz CT molecular complexity index is 502. The summed E-state index contributed by atoms with van der Waals surface area (Å²) in [5, 5.41) is 1.91. The Hall–Kier alpha value is -0.880. The number of thiophene rings is 1. The van der Waals surface area contributed by atoms with E-state index < -0.39 is 0 Å². The fraction of sp³-hybridized carbons (Fsp3) is 0.500. The number of fused-ring (bicyclic) bond motifs is 1. The molecule has 3 heterocycles. The van der Waals surface area contributed by atoms with Crippen LogP contribution in [0.2, 0.25) is 0 Å². The monoisotopic (exact) mass is 328 g/mol. The van der Waals surface area contributed by atoms with Crippen molar-refractivity contribution >= 4 is 39.1 Å². The Kier molecular flexibility index (Phi) is 3.15. The molecule has 0 spiro atoms. The van der Waals surface area contributed by atoms with E-state index in [0.717, 1.165) is 15.8 Å². The molecular weight excluding hydrogens is 316 g/mol. The molecule has 96 valence electrons. The van der Waals surface area contributed by atoms with Gasteiger partial charge < -0.3 is 9.80 Å². The van der Waals surface area contributed by atoms with E-state index in [2.05, 4.69) is 15.9 Å². The van der Waals surface area contributed by atoms with Crippen molar-refractivity contribution in [3.8, 4) is 0 Å². The van der Waals surface area contributed by atoms with E-state index in [0.29, 0.717) is 26.1 Å². The van der Waals surface area contributed by atoms with Gasteiger partial charge in [0.05, 0.1) is 0 Å². The summed E-state index contributed by atoms with van der Waals surface area (Å²) in [5.41, 5.74) is 0. The van der Waals surface area contributed by atoms with Gasteiger partial charge in [0.2, 0.25) is 5.91 Å². The van der Waals surface area contributed by atoms with E-state index in [1.807, 2.05) is 21.2 Å². The van der Waals surface area contributed by atoms with Crippen molar-refractivity contribution in [1.29, 1.82) is 0 Å². The van der Waals surface area contributed by atoms with Gasteiger partial charge in [0.15, 0.2) is 0 Å². The molecule has 18 heavy (non-hydrogen) atoms. The minimum Gasteiger partial charge on any atom is -0.336 e. The van der Waals surface area contributed by atoms with Gasteiger partial charge in [0.25, 0.3) is 5.91 Å². The molecule has 0 N–H and O–H groups in total. The molecule has 2 aliphatic heterocycles. The highest BCUT2D eigenvalue weighted by Gasteiger charge is 2.37. The fourth-order valence-corrected chi connectivity index (χ4v) is 4.15. The third kappa shape index (κ3) is 1.97. The molecule has 1 aromatic heterocycles. The number of carbonyl (C=O) groups is 2. The molecule has 2 amide bonds. The summed E-state index contributed by atoms with van der Waals surface area (Å²) in [4.78, 5) is 28.5. The summed E-state index contributed by atoms with van der Waals surface area (Å²) in [6.45, 7) is 2.00. The summed E-state index contributed by atoms with van der Waals surface area (Å²) in [5.74, 6) is 0.320. The van der Waals surface area contributed by atoms with Crippen LogP contribution in [0.25, 0.3) is 0 Å². The van der Waals surface area contributed by atoms with Crippen LogP contribution in [0.4, 0.5) is 0 Å². The van der Waals surface area contributed by atoms with Crippen molar-refractivity contribution in [2.75, 3.05) is 19.6 Å². The normalized spacial score (nSPS) is 23.4. The molecule has 2 fully saturated rings. The Balaban J connectivity index is 1.74. The Morgan fingerprint density at radius 1 is 1.44 bits per heavy atom. The van der Waals surface area contributed by atoms with Crippen LogP contribution in [0.3, 0.4) is 0 Å². The lowest BCUT2D eigenvalue weighted by Crippen LogP contribution is -2.53. The Morgan fingerprint density at radius 3 is 3.00 bits per heavy atom. The second kappa shape index (κ2) is 4.66. The first-order valence-corrected chi connectivity index (χ1v) is 7.66. The SMILES string of the molecule is O=C(c1sccc1Br)N1CCN2C(=O)CCC2C1. The molecule has 6 heteroatoms. The van der Waals surface area contributed by atoms with Crippen molar-refractivity contribution in [1.82, 2.24) is 9.80 Å². The van der Waals surface area contributed by atoms with Gasteiger partial charge in [-0.3, -0.25) is 9.59 Å². The van der Waals surface area contributed by atoms with E-state index in [4.69, 9.17) is 0 Å². The number of piperazine rings is 1. The summed E-state index contributed by atoms with van der Waals surface area (Å²) in [6, 6.07) is 2.13. The summed E-state index contributed by atoms with van der Waals surface area (Å²) in [7, 11) is 0. The van der Waals surface area contributed by atoms with Gasteiger partial charge >= 0.3 is 0 Å². The first-order chi connectivity index (χ1) is 8.66. The van der Waals surface area contributed by atoms with Crippen LogP contribution < -0.4 is 0 Å². The molecule has 4 nitrogen and oxygen atoms in total. The van der Waals surface area contributed by atoms with Gasteiger partial charge in [-0.1, -0.05) is 0 Å². The smallest absolute Gasteiger partial charge is 0.265 e. The largest absolute Gasteiger partial charge is 0.336 e. The summed E-state index contributed by atoms with van der Waals surface area (Å²) >= 11 is 4.86. The van der Waals surface area contributed by atoms with Gasteiger partial charge in [0.1, 0.15) is 4.88 Å². The first-order valence-electron chi connectivity index (χ1n) is 5.98. The van der Waals surface area contributed by atoms with Crippen LogP contribution in [-0.2, 0) is 4.79 Å². The molecular formula is C12H13BrN2O2S. The lowest BCUT2D eigenvalue weighted by atomic mass is 10.1. The first kappa shape index (κ1) is 12.2. The number of hydrogen-bond donors (Lipinski definition) is 0. The average Bonchev–Trinajstić information content (AvgIpc) is 2.95. The predicted octanol–water partition coefficient (Wildman–Crippen LogP) is 1.96. The lowest BCUT2D eigenvalue weighted by molar-refractivity contribution is -0.130. The number of nitrogens with zero attached hydrogens (tertiary/aromatic N) is 2. The Morgan fingerprint density at radius 2 is 2.28 bits per heavy atom. The van der Waals surface area contributed by atoms with Gasteiger partial charge in [-0.25, -0.2) is 0 Å². The van der Waals surface area contributed by atoms with Gasteiger partial charge in [-0.2, -0.15) is 0 Å². The second-order valence-corrected chi connectivity index (χ2v) is 6.40. The average molecular weight is 329 g/mol. The zero-order valence-corrected chi connectivity index (χ0v) is 12.2. The van der Waals surface area contributed by atoms with Crippen LogP contribution in [0.5, 0.6) is 0 Å². The number of halogens is 1. The van der Waals surface area contributed by atoms with Gasteiger partial charge in [-0.15, -0.1) is 11.3 Å². The quantitative estimate of drug-likeness (QED) is 0.790. The highest BCUT2D eigenvalue weighted by atomic mass is 79.9. The van der Waals surface area contributed by atoms with Gasteiger partial charge in [0, 0.05) is 36.6 Å². The van der Waals surface area contributed by atoms with Crippen molar-refractivity contribution in [2.24, 2.45) is 0 Å². The summed E-state index contributed by atoms with van der Waals surface area (Å²) in [6.07, 6.45) is 1.52. The molecule has 1 atom stereocenters. The van der Waals surface area contributed by atoms with E-state index in [-0.39, 0.29) is 17.9 Å². The van der Waals surface area contributed by atoms with Crippen molar-refractivity contribution in [2.45, 2.75) is 18.9 Å². The van der Waals surface area contributed by atoms with Crippen LogP contribution in [0.1, 0.15) is 22.5 Å². The number of amides is 2. The molecule has 1 aromatic rings. The molecule has 2 aliphatic rings. The van der Waals surface area contributed by atoms with E-state index in [1.54, 1.807) is 0 Å². The topological polar surface area (TPSA) is 40.6 Å². The maximum absolute atomic E-state index is 12.4. The highest BCUT2D eigenvalue weighted by molar-refractivity contribution is 9.10. The van der Waals surface area contributed by atoms with E-state index in [1.165, 1.54) is 11.3 Å². The molecule has 0 bridgehead atoms. The van der Waals surface area contributed by atoms with Crippen LogP contribution in [0, 0.1) is 0 Å². The van der Waals surface area contributed by atoms with Crippen LogP contribution >= 0.6 is 27.3 Å². The standard InChI is InChI=1S/C12H13BrN2O2S/c13-9-3-6-18-11(9)12(17)14-4-5-15-8(7-14)1-2-10(15)16/h3,6,8H,1-2,4-5,7H2. The molecule has 0 saturated carbocycles. The molecule has 0 aromatic carbocycles. The maximum Gasteiger partial charge on any atom is 0.265 e. The molecule has 0 aliphatic carbocycles. The number of rotatable bonds is 1. The third-order valence-electron chi connectivity index (χ3n) is 3.59. The van der Waals surface area contributed by atoms with E-state index >= 15 is 0 Å². The van der Waals surface area contributed by atoms with Crippen LogP contribution in [0.15, 0.2) is 15.9 Å². The zero-order chi connectivity index (χ0) is 12.7. The van der Waals surface area contributed by atoms with Crippen molar-refractivity contribution in [3.63, 3.8) is 0 Å². The van der Waals surface area contributed by atoms with Crippen molar-refractivity contribution < 1.29 is 9.59 Å². The highest BCUT2D eigenvalue weighted by Crippen LogP contribution is 2.27. The lowest BCUT2D eigenvalue weighted by Gasteiger charge is -2.37. The number of hydrogen-bond acceptors (Lipinski definition) is 3. The predicted molar refractivity (Wildman–Crippen MR) is 72.7 cm³/mol. The van der Waals surface area contributed by atoms with Crippen molar-refractivity contribution in [3.05, 3.63) is 20.8 Å². The Labute approximate surface area is 118 Å². The molecule has 3 rings (SSSR count). The number of carbonyl (C=O) groups excluding carboxylic acids is 2. The minimum atomic E-state index is 0.0795. The summed E-state index contributed by atoms with van der Waals surface area (Å²) < 4.78 is 0.863. The van der Waals surface area contributed by atoms with Crippen LogP contribution in [-0.4, -0.2) is 47.3 Å². The third-order valence-corrected chi connectivity index (χ3v) is 5.42.